The average Bonchev–Trinajstić information content (AvgIpc) is 2.85. The van der Waals surface area contributed by atoms with Gasteiger partial charge in [0.1, 0.15) is 12.4 Å². The lowest BCUT2D eigenvalue weighted by molar-refractivity contribution is -0.118. The Balaban J connectivity index is 1.32. The molecular weight excluding hydrogens is 454 g/mol. The molecule has 2 amide bonds. The first kappa shape index (κ1) is 23.8. The molecule has 3 aromatic carbocycles. The Kier molecular flexibility index (Phi) is 8.14. The molecule has 0 spiro atoms. The molecule has 1 saturated heterocycles. The minimum atomic E-state index is -0.282. The van der Waals surface area contributed by atoms with Crippen LogP contribution in [0, 0.1) is 0 Å². The summed E-state index contributed by atoms with van der Waals surface area (Å²) in [6, 6.07) is 21.5. The number of carbonyl (C=O) groups is 2. The topological polar surface area (TPSA) is 79.9 Å². The number of benzene rings is 3. The van der Waals surface area contributed by atoms with Crippen molar-refractivity contribution in [3.05, 3.63) is 88.9 Å². The lowest BCUT2D eigenvalue weighted by Gasteiger charge is -2.25. The molecule has 1 aliphatic rings. The summed E-state index contributed by atoms with van der Waals surface area (Å²) < 4.78 is 11.2. The van der Waals surface area contributed by atoms with Crippen molar-refractivity contribution in [2.75, 3.05) is 43.5 Å². The van der Waals surface area contributed by atoms with Gasteiger partial charge in [0.2, 0.25) is 5.91 Å². The van der Waals surface area contributed by atoms with Gasteiger partial charge in [-0.1, -0.05) is 35.9 Å². The van der Waals surface area contributed by atoms with E-state index < -0.39 is 0 Å². The molecule has 7 nitrogen and oxygen atoms in total. The van der Waals surface area contributed by atoms with E-state index in [4.69, 9.17) is 21.1 Å². The fraction of sp³-hybridized carbons (Fsp3) is 0.231. The predicted molar refractivity (Wildman–Crippen MR) is 133 cm³/mol. The smallest absolute Gasteiger partial charge is 0.259 e. The predicted octanol–water partition coefficient (Wildman–Crippen LogP) is 4.44. The third-order valence-electron chi connectivity index (χ3n) is 5.34. The Labute approximate surface area is 203 Å². The van der Waals surface area contributed by atoms with Gasteiger partial charge in [-0.15, -0.1) is 0 Å². The summed E-state index contributed by atoms with van der Waals surface area (Å²) in [5.74, 6) is 0.128. The molecule has 1 heterocycles. The molecular formula is C26H26ClN3O4. The molecule has 2 N–H and O–H groups in total. The van der Waals surface area contributed by atoms with Crippen molar-refractivity contribution in [2.24, 2.45) is 0 Å². The zero-order chi connectivity index (χ0) is 23.8. The Bertz CT molecular complexity index is 1110. The van der Waals surface area contributed by atoms with Crippen LogP contribution in [-0.4, -0.2) is 49.6 Å². The number of rotatable bonds is 8. The monoisotopic (exact) mass is 479 g/mol. The van der Waals surface area contributed by atoms with E-state index in [2.05, 4.69) is 15.5 Å². The number of amides is 2. The summed E-state index contributed by atoms with van der Waals surface area (Å²) >= 11 is 5.93. The molecule has 0 unspecified atom stereocenters. The normalized spacial score (nSPS) is 13.8. The van der Waals surface area contributed by atoms with E-state index in [1.165, 1.54) is 0 Å². The summed E-state index contributed by atoms with van der Waals surface area (Å²) in [7, 11) is 0. The summed E-state index contributed by atoms with van der Waals surface area (Å²) in [5, 5.41) is 6.42. The molecule has 0 aliphatic carbocycles. The van der Waals surface area contributed by atoms with Gasteiger partial charge in [-0.2, -0.15) is 0 Å². The van der Waals surface area contributed by atoms with Gasteiger partial charge in [0, 0.05) is 29.5 Å². The highest BCUT2D eigenvalue weighted by molar-refractivity contribution is 6.30. The second-order valence-electron chi connectivity index (χ2n) is 7.88. The van der Waals surface area contributed by atoms with E-state index >= 15 is 0 Å². The van der Waals surface area contributed by atoms with Crippen LogP contribution in [-0.2, 0) is 16.1 Å². The SMILES string of the molecule is O=C(CN1CCOCC1)Nc1ccc(NC(=O)c2ccccc2OCc2ccc(Cl)cc2)cc1. The first-order chi connectivity index (χ1) is 16.6. The second kappa shape index (κ2) is 11.7. The molecule has 3 aromatic rings. The van der Waals surface area contributed by atoms with Crippen LogP contribution in [0.2, 0.25) is 5.02 Å². The van der Waals surface area contributed by atoms with E-state index in [1.54, 1.807) is 54.6 Å². The third kappa shape index (κ3) is 6.81. The van der Waals surface area contributed by atoms with Crippen molar-refractivity contribution >= 4 is 34.8 Å². The fourth-order valence-corrected chi connectivity index (χ4v) is 3.65. The van der Waals surface area contributed by atoms with E-state index in [0.29, 0.717) is 54.1 Å². The summed E-state index contributed by atoms with van der Waals surface area (Å²) in [6.45, 7) is 3.45. The van der Waals surface area contributed by atoms with Crippen LogP contribution in [0.1, 0.15) is 15.9 Å². The van der Waals surface area contributed by atoms with Crippen LogP contribution in [0.5, 0.6) is 5.75 Å². The first-order valence-electron chi connectivity index (χ1n) is 11.0. The Morgan fingerprint density at radius 1 is 0.882 bits per heavy atom. The molecule has 176 valence electrons. The maximum absolute atomic E-state index is 12.9. The number of nitrogens with one attached hydrogen (secondary N) is 2. The van der Waals surface area contributed by atoms with Gasteiger partial charge < -0.3 is 20.1 Å². The summed E-state index contributed by atoms with van der Waals surface area (Å²) in [6.07, 6.45) is 0. The van der Waals surface area contributed by atoms with Gasteiger partial charge in [-0.3, -0.25) is 14.5 Å². The zero-order valence-electron chi connectivity index (χ0n) is 18.6. The van der Waals surface area contributed by atoms with Crippen LogP contribution in [0.3, 0.4) is 0 Å². The van der Waals surface area contributed by atoms with Crippen molar-refractivity contribution in [2.45, 2.75) is 6.61 Å². The van der Waals surface area contributed by atoms with Crippen LogP contribution in [0.4, 0.5) is 11.4 Å². The number of carbonyl (C=O) groups excluding carboxylic acids is 2. The molecule has 0 radical (unpaired) electrons. The van der Waals surface area contributed by atoms with Crippen molar-refractivity contribution < 1.29 is 19.1 Å². The van der Waals surface area contributed by atoms with Crippen LogP contribution in [0.25, 0.3) is 0 Å². The van der Waals surface area contributed by atoms with Crippen molar-refractivity contribution in [3.63, 3.8) is 0 Å². The van der Waals surface area contributed by atoms with Gasteiger partial charge in [0.05, 0.1) is 25.3 Å². The lowest BCUT2D eigenvalue weighted by Crippen LogP contribution is -2.41. The number of ether oxygens (including phenoxy) is 2. The molecule has 8 heteroatoms. The molecule has 1 fully saturated rings. The van der Waals surface area contributed by atoms with Crippen LogP contribution >= 0.6 is 11.6 Å². The summed E-state index contributed by atoms with van der Waals surface area (Å²) in [5.41, 5.74) is 2.66. The van der Waals surface area contributed by atoms with Gasteiger partial charge in [0.25, 0.3) is 5.91 Å². The Morgan fingerprint density at radius 3 is 2.24 bits per heavy atom. The largest absolute Gasteiger partial charge is 0.488 e. The van der Waals surface area contributed by atoms with E-state index in [1.807, 2.05) is 18.2 Å². The van der Waals surface area contributed by atoms with Gasteiger partial charge in [-0.05, 0) is 54.1 Å². The lowest BCUT2D eigenvalue weighted by atomic mass is 10.1. The van der Waals surface area contributed by atoms with E-state index in [9.17, 15) is 9.59 Å². The van der Waals surface area contributed by atoms with Gasteiger partial charge in [-0.25, -0.2) is 0 Å². The molecule has 34 heavy (non-hydrogen) atoms. The Hall–Kier alpha value is -3.39. The van der Waals surface area contributed by atoms with E-state index in [-0.39, 0.29) is 11.8 Å². The van der Waals surface area contributed by atoms with Crippen LogP contribution < -0.4 is 15.4 Å². The number of para-hydroxylation sites is 1. The van der Waals surface area contributed by atoms with Crippen molar-refractivity contribution in [1.82, 2.24) is 4.90 Å². The summed E-state index contributed by atoms with van der Waals surface area (Å²) in [4.78, 5) is 27.2. The quantitative estimate of drug-likeness (QED) is 0.499. The third-order valence-corrected chi connectivity index (χ3v) is 5.59. The highest BCUT2D eigenvalue weighted by atomic mass is 35.5. The molecule has 0 atom stereocenters. The number of nitrogens with zero attached hydrogens (tertiary/aromatic N) is 1. The first-order valence-corrected chi connectivity index (χ1v) is 11.4. The highest BCUT2D eigenvalue weighted by Gasteiger charge is 2.15. The minimum absolute atomic E-state index is 0.0783. The number of hydrogen-bond donors (Lipinski definition) is 2. The highest BCUT2D eigenvalue weighted by Crippen LogP contribution is 2.22. The number of morpholine rings is 1. The van der Waals surface area contributed by atoms with Crippen LogP contribution in [0.15, 0.2) is 72.8 Å². The molecule has 0 bridgehead atoms. The molecule has 1 aliphatic heterocycles. The van der Waals surface area contributed by atoms with E-state index in [0.717, 1.165) is 18.7 Å². The van der Waals surface area contributed by atoms with Gasteiger partial charge in [0.15, 0.2) is 0 Å². The molecule has 0 aromatic heterocycles. The van der Waals surface area contributed by atoms with Gasteiger partial charge >= 0.3 is 0 Å². The number of halogens is 1. The van der Waals surface area contributed by atoms with Crippen molar-refractivity contribution in [1.29, 1.82) is 0 Å². The maximum Gasteiger partial charge on any atom is 0.259 e. The molecule has 4 rings (SSSR count). The maximum atomic E-state index is 12.9. The van der Waals surface area contributed by atoms with Crippen molar-refractivity contribution in [3.8, 4) is 5.75 Å². The number of hydrogen-bond acceptors (Lipinski definition) is 5. The zero-order valence-corrected chi connectivity index (χ0v) is 19.4. The average molecular weight is 480 g/mol. The standard InChI is InChI=1S/C26H26ClN3O4/c27-20-7-5-19(6-8-20)18-34-24-4-2-1-3-23(24)26(32)29-22-11-9-21(10-12-22)28-25(31)17-30-13-15-33-16-14-30/h1-12H,13-18H2,(H,28,31)(H,29,32). The fourth-order valence-electron chi connectivity index (χ4n) is 3.52. The molecule has 0 saturated carbocycles. The Morgan fingerprint density at radius 2 is 1.53 bits per heavy atom. The minimum Gasteiger partial charge on any atom is -0.488 e. The second-order valence-corrected chi connectivity index (χ2v) is 8.32. The number of anilines is 2.